The maximum atomic E-state index is 4.40. The summed E-state index contributed by atoms with van der Waals surface area (Å²) in [5.41, 5.74) is 7.06. The van der Waals surface area contributed by atoms with Crippen LogP contribution in [0.3, 0.4) is 0 Å². The maximum Gasteiger partial charge on any atom is 0.189 e. The summed E-state index contributed by atoms with van der Waals surface area (Å²) in [5.74, 6) is 1.15. The second-order valence-electron chi connectivity index (χ2n) is 7.43. The summed E-state index contributed by atoms with van der Waals surface area (Å²) in [6.07, 6.45) is 9.70. The number of aromatic nitrogens is 1. The van der Waals surface area contributed by atoms with Crippen molar-refractivity contribution in [3.63, 3.8) is 0 Å². The lowest BCUT2D eigenvalue weighted by Crippen LogP contribution is -2.18. The van der Waals surface area contributed by atoms with E-state index < -0.39 is 0 Å². The molecule has 2 aliphatic rings. The number of thiazole rings is 1. The standard InChI is InChI=1S/C24H22N2S/c1-17-15-21-8-7-20(16-22(21)23(17)19-5-3-2-4-6-19)18-9-12-26(13-10-18)24-25-11-14-27-24/h2-12,14,16-17,23H,13,15H2,1H3/t17-,23+/m0/s1. The van der Waals surface area contributed by atoms with Crippen LogP contribution in [0, 0.1) is 5.92 Å². The van der Waals surface area contributed by atoms with Gasteiger partial charge in [0.25, 0.3) is 0 Å². The maximum absolute atomic E-state index is 4.40. The van der Waals surface area contributed by atoms with Crippen molar-refractivity contribution in [3.05, 3.63) is 101 Å². The Kier molecular flexibility index (Phi) is 4.17. The van der Waals surface area contributed by atoms with E-state index in [1.807, 2.05) is 11.6 Å². The van der Waals surface area contributed by atoms with Gasteiger partial charge in [-0.2, -0.15) is 0 Å². The molecule has 0 bridgehead atoms. The number of allylic oxidation sites excluding steroid dienone is 2. The number of anilines is 1. The highest BCUT2D eigenvalue weighted by atomic mass is 32.1. The van der Waals surface area contributed by atoms with Crippen LogP contribution in [0.15, 0.2) is 78.5 Å². The van der Waals surface area contributed by atoms with Crippen molar-refractivity contribution in [2.24, 2.45) is 5.92 Å². The van der Waals surface area contributed by atoms with Gasteiger partial charge in [0.1, 0.15) is 0 Å². The zero-order valence-electron chi connectivity index (χ0n) is 15.4. The SMILES string of the molecule is C[C@H]1Cc2ccc(C3=CCN(c4nccs4)C=C3)cc2[C@H]1c1ccccc1. The van der Waals surface area contributed by atoms with E-state index in [0.717, 1.165) is 11.7 Å². The van der Waals surface area contributed by atoms with Crippen molar-refractivity contribution in [1.29, 1.82) is 0 Å². The van der Waals surface area contributed by atoms with Gasteiger partial charge in [0.05, 0.1) is 0 Å². The molecule has 2 heterocycles. The zero-order valence-corrected chi connectivity index (χ0v) is 16.2. The van der Waals surface area contributed by atoms with Crippen molar-refractivity contribution < 1.29 is 0 Å². The van der Waals surface area contributed by atoms with E-state index in [1.165, 1.54) is 34.2 Å². The van der Waals surface area contributed by atoms with Gasteiger partial charge in [0, 0.05) is 30.2 Å². The minimum absolute atomic E-state index is 0.501. The molecule has 5 rings (SSSR count). The number of fused-ring (bicyclic) bond motifs is 1. The monoisotopic (exact) mass is 370 g/mol. The van der Waals surface area contributed by atoms with E-state index in [1.54, 1.807) is 11.3 Å². The first-order valence-corrected chi connectivity index (χ1v) is 10.4. The highest BCUT2D eigenvalue weighted by Crippen LogP contribution is 2.43. The van der Waals surface area contributed by atoms with Crippen LogP contribution in [0.25, 0.3) is 5.57 Å². The second kappa shape index (κ2) is 6.82. The fraction of sp³-hybridized carbons (Fsp3) is 0.208. The average molecular weight is 371 g/mol. The van der Waals surface area contributed by atoms with E-state index in [2.05, 4.69) is 83.7 Å². The van der Waals surface area contributed by atoms with Crippen LogP contribution in [-0.4, -0.2) is 11.5 Å². The summed E-state index contributed by atoms with van der Waals surface area (Å²) in [5, 5.41) is 3.07. The van der Waals surface area contributed by atoms with Crippen LogP contribution in [0.4, 0.5) is 5.13 Å². The molecule has 1 aliphatic carbocycles. The Morgan fingerprint density at radius 1 is 1.11 bits per heavy atom. The Hall–Kier alpha value is -2.65. The fourth-order valence-corrected chi connectivity index (χ4v) is 5.04. The van der Waals surface area contributed by atoms with Gasteiger partial charge in [-0.15, -0.1) is 11.3 Å². The van der Waals surface area contributed by atoms with E-state index in [4.69, 9.17) is 0 Å². The lowest BCUT2D eigenvalue weighted by Gasteiger charge is -2.21. The molecule has 0 spiro atoms. The minimum Gasteiger partial charge on any atom is -0.321 e. The van der Waals surface area contributed by atoms with Crippen LogP contribution < -0.4 is 4.90 Å². The molecular formula is C24H22N2S. The van der Waals surface area contributed by atoms with Gasteiger partial charge in [-0.3, -0.25) is 0 Å². The summed E-state index contributed by atoms with van der Waals surface area (Å²) in [6.45, 7) is 3.25. The normalized spacial score (nSPS) is 21.2. The lowest BCUT2D eigenvalue weighted by atomic mass is 9.86. The first-order chi connectivity index (χ1) is 13.3. The molecule has 134 valence electrons. The van der Waals surface area contributed by atoms with Gasteiger partial charge >= 0.3 is 0 Å². The van der Waals surface area contributed by atoms with Crippen LogP contribution in [-0.2, 0) is 6.42 Å². The fourth-order valence-electron chi connectivity index (χ4n) is 4.40. The van der Waals surface area contributed by atoms with E-state index in [-0.39, 0.29) is 0 Å². The molecule has 2 nitrogen and oxygen atoms in total. The highest BCUT2D eigenvalue weighted by Gasteiger charge is 2.30. The second-order valence-corrected chi connectivity index (χ2v) is 8.30. The number of rotatable bonds is 3. The van der Waals surface area contributed by atoms with Gasteiger partial charge in [-0.1, -0.05) is 61.5 Å². The first-order valence-electron chi connectivity index (χ1n) is 9.52. The molecule has 3 heteroatoms. The molecule has 0 unspecified atom stereocenters. The van der Waals surface area contributed by atoms with Crippen molar-refractivity contribution in [1.82, 2.24) is 4.98 Å². The van der Waals surface area contributed by atoms with Crippen molar-refractivity contribution in [3.8, 4) is 0 Å². The Morgan fingerprint density at radius 2 is 2.00 bits per heavy atom. The van der Waals surface area contributed by atoms with Crippen molar-refractivity contribution in [2.75, 3.05) is 11.4 Å². The topological polar surface area (TPSA) is 16.1 Å². The molecule has 1 aliphatic heterocycles. The van der Waals surface area contributed by atoms with Crippen LogP contribution in [0.1, 0.15) is 35.1 Å². The third-order valence-corrected chi connectivity index (χ3v) is 6.50. The predicted molar refractivity (Wildman–Crippen MR) is 114 cm³/mol. The largest absolute Gasteiger partial charge is 0.321 e. The molecule has 3 aromatic rings. The highest BCUT2D eigenvalue weighted by molar-refractivity contribution is 7.13. The van der Waals surface area contributed by atoms with E-state index in [0.29, 0.717) is 11.8 Å². The summed E-state index contributed by atoms with van der Waals surface area (Å²) in [7, 11) is 0. The first kappa shape index (κ1) is 16.5. The molecule has 0 saturated carbocycles. The average Bonchev–Trinajstić information content (AvgIpc) is 3.35. The Labute approximate surface area is 164 Å². The van der Waals surface area contributed by atoms with Crippen molar-refractivity contribution >= 4 is 22.0 Å². The van der Waals surface area contributed by atoms with E-state index in [9.17, 15) is 0 Å². The number of benzene rings is 2. The minimum atomic E-state index is 0.501. The van der Waals surface area contributed by atoms with Gasteiger partial charge in [-0.25, -0.2) is 4.98 Å². The molecule has 2 atom stereocenters. The third kappa shape index (κ3) is 3.02. The zero-order chi connectivity index (χ0) is 18.2. The molecule has 0 radical (unpaired) electrons. The van der Waals surface area contributed by atoms with Gasteiger partial charge in [0.2, 0.25) is 0 Å². The summed E-state index contributed by atoms with van der Waals surface area (Å²) in [4.78, 5) is 6.59. The van der Waals surface area contributed by atoms with Gasteiger partial charge in [-0.05, 0) is 46.2 Å². The Morgan fingerprint density at radius 3 is 2.74 bits per heavy atom. The Balaban J connectivity index is 1.45. The van der Waals surface area contributed by atoms with Crippen LogP contribution in [0.2, 0.25) is 0 Å². The molecular weight excluding hydrogens is 348 g/mol. The molecule has 0 N–H and O–H groups in total. The number of hydrogen-bond donors (Lipinski definition) is 0. The van der Waals surface area contributed by atoms with E-state index >= 15 is 0 Å². The molecule has 0 saturated heterocycles. The van der Waals surface area contributed by atoms with Crippen LogP contribution in [0.5, 0.6) is 0 Å². The molecule has 2 aromatic carbocycles. The summed E-state index contributed by atoms with van der Waals surface area (Å²) in [6, 6.07) is 18.0. The molecule has 27 heavy (non-hydrogen) atoms. The summed E-state index contributed by atoms with van der Waals surface area (Å²) >= 11 is 1.68. The van der Waals surface area contributed by atoms with Crippen molar-refractivity contribution in [2.45, 2.75) is 19.3 Å². The lowest BCUT2D eigenvalue weighted by molar-refractivity contribution is 0.557. The van der Waals surface area contributed by atoms with Gasteiger partial charge in [0.15, 0.2) is 5.13 Å². The molecule has 1 aromatic heterocycles. The molecule has 0 amide bonds. The molecule has 0 fully saturated rings. The van der Waals surface area contributed by atoms with Gasteiger partial charge < -0.3 is 4.90 Å². The number of hydrogen-bond acceptors (Lipinski definition) is 3. The quantitative estimate of drug-likeness (QED) is 0.572. The Bertz CT molecular complexity index is 1000. The third-order valence-electron chi connectivity index (χ3n) is 5.69. The van der Waals surface area contributed by atoms with Crippen LogP contribution >= 0.6 is 11.3 Å². The number of nitrogens with zero attached hydrogens (tertiary/aromatic N) is 2. The smallest absolute Gasteiger partial charge is 0.189 e. The predicted octanol–water partition coefficient (Wildman–Crippen LogP) is 5.88. The summed E-state index contributed by atoms with van der Waals surface area (Å²) < 4.78 is 0.